The van der Waals surface area contributed by atoms with E-state index in [1.54, 1.807) is 10.8 Å². The molecule has 0 aliphatic carbocycles. The molecule has 1 aliphatic heterocycles. The molecule has 0 spiro atoms. The molecule has 82 valence electrons. The van der Waals surface area contributed by atoms with Gasteiger partial charge in [0, 0.05) is 14.8 Å². The lowest BCUT2D eigenvalue weighted by atomic mass is 10.2. The van der Waals surface area contributed by atoms with Crippen LogP contribution in [0, 0.1) is 22.7 Å². The molecule has 0 bridgehead atoms. The van der Waals surface area contributed by atoms with Gasteiger partial charge in [0.1, 0.15) is 17.7 Å². The molecule has 1 aromatic carbocycles. The molecule has 2 rings (SSSR count). The van der Waals surface area contributed by atoms with E-state index in [0.29, 0.717) is 9.93 Å². The molecule has 0 N–H and O–H groups in total. The third kappa shape index (κ3) is 2.68. The second-order valence-corrected chi connectivity index (χ2v) is 5.79. The number of nitriles is 2. The van der Waals surface area contributed by atoms with Gasteiger partial charge in [0.25, 0.3) is 0 Å². The number of hydrogen-bond acceptors (Lipinski definition) is 4. The first-order chi connectivity index (χ1) is 8.24. The van der Waals surface area contributed by atoms with Gasteiger partial charge in [-0.1, -0.05) is 45.3 Å². The minimum absolute atomic E-state index is 0.159. The normalized spacial score (nSPS) is 13.8. The van der Waals surface area contributed by atoms with Crippen molar-refractivity contribution in [3.8, 4) is 12.1 Å². The molecule has 2 nitrogen and oxygen atoms in total. The first-order valence-corrected chi connectivity index (χ1v) is 7.14. The van der Waals surface area contributed by atoms with Crippen molar-refractivity contribution in [2.45, 2.75) is 0 Å². The zero-order valence-corrected chi connectivity index (χ0v) is 10.9. The van der Waals surface area contributed by atoms with E-state index in [2.05, 4.69) is 0 Å². The van der Waals surface area contributed by atoms with Gasteiger partial charge < -0.3 is 0 Å². The molecule has 0 radical (unpaired) electrons. The van der Waals surface area contributed by atoms with Crippen molar-refractivity contribution in [3.63, 3.8) is 0 Å². The quantitative estimate of drug-likeness (QED) is 0.564. The summed E-state index contributed by atoms with van der Waals surface area (Å²) in [5.41, 5.74) is 1.20. The monoisotopic (exact) mass is 276 g/mol. The Morgan fingerprint density at radius 3 is 2.29 bits per heavy atom. The maximum Gasteiger partial charge on any atom is 0.144 e. The fourth-order valence-electron chi connectivity index (χ4n) is 1.25. The van der Waals surface area contributed by atoms with Gasteiger partial charge in [-0.3, -0.25) is 0 Å². The summed E-state index contributed by atoms with van der Waals surface area (Å²) < 4.78 is 0. The average molecular weight is 277 g/mol. The van der Waals surface area contributed by atoms with Crippen LogP contribution in [0.25, 0.3) is 4.91 Å². The van der Waals surface area contributed by atoms with Crippen LogP contribution >= 0.6 is 33.2 Å². The molecule has 0 fully saturated rings. The minimum atomic E-state index is 0.159. The highest BCUT2D eigenvalue weighted by molar-refractivity contribution is 8.82. The summed E-state index contributed by atoms with van der Waals surface area (Å²) in [5.74, 6) is 0. The molecular weight excluding hydrogens is 272 g/mol. The number of rotatable bonds is 1. The van der Waals surface area contributed by atoms with Crippen LogP contribution in [0.15, 0.2) is 40.8 Å². The summed E-state index contributed by atoms with van der Waals surface area (Å²) in [6.07, 6.45) is 1.86. The largest absolute Gasteiger partial charge is 0.192 e. The lowest BCUT2D eigenvalue weighted by molar-refractivity contribution is 1.46. The summed E-state index contributed by atoms with van der Waals surface area (Å²) in [7, 11) is 2.98. The van der Waals surface area contributed by atoms with Crippen molar-refractivity contribution in [1.82, 2.24) is 0 Å². The summed E-state index contributed by atoms with van der Waals surface area (Å²) in [6.45, 7) is 0. The smallest absolute Gasteiger partial charge is 0.144 e. The molecule has 0 saturated heterocycles. The number of benzene rings is 1. The lowest BCUT2D eigenvalue weighted by Gasteiger charge is -1.98. The fourth-order valence-corrected chi connectivity index (χ4v) is 3.74. The van der Waals surface area contributed by atoms with Crippen molar-refractivity contribution >= 4 is 38.1 Å². The number of hydrogen-bond donors (Lipinski definition) is 0. The van der Waals surface area contributed by atoms with Crippen LogP contribution in [0.2, 0.25) is 5.02 Å². The Labute approximate surface area is 112 Å². The molecule has 0 atom stereocenters. The standard InChI is InChI=1S/C12H5ClN2S2/c13-10-3-1-8(2-4-10)11-5-12(17-16-11)9(6-14)7-15/h1-5H. The van der Waals surface area contributed by atoms with Crippen molar-refractivity contribution in [1.29, 1.82) is 10.5 Å². The van der Waals surface area contributed by atoms with E-state index in [9.17, 15) is 0 Å². The summed E-state index contributed by atoms with van der Waals surface area (Å²) in [4.78, 5) is 1.75. The van der Waals surface area contributed by atoms with E-state index in [1.165, 1.54) is 10.8 Å². The van der Waals surface area contributed by atoms with Crippen LogP contribution in [-0.4, -0.2) is 0 Å². The highest BCUT2D eigenvalue weighted by Gasteiger charge is 2.16. The Morgan fingerprint density at radius 1 is 1.06 bits per heavy atom. The molecule has 0 aromatic heterocycles. The highest BCUT2D eigenvalue weighted by atomic mass is 35.5. The van der Waals surface area contributed by atoms with Crippen LogP contribution in [-0.2, 0) is 0 Å². The zero-order valence-electron chi connectivity index (χ0n) is 8.48. The Kier molecular flexibility index (Phi) is 3.81. The van der Waals surface area contributed by atoms with Crippen LogP contribution in [0.3, 0.4) is 0 Å². The van der Waals surface area contributed by atoms with Gasteiger partial charge in [0.05, 0.1) is 0 Å². The van der Waals surface area contributed by atoms with Gasteiger partial charge in [-0.15, -0.1) is 0 Å². The number of nitrogens with zero attached hydrogens (tertiary/aromatic N) is 2. The average Bonchev–Trinajstić information content (AvgIpc) is 2.81. The molecule has 1 aliphatic rings. The Morgan fingerprint density at radius 2 is 1.71 bits per heavy atom. The second-order valence-electron chi connectivity index (χ2n) is 3.15. The lowest BCUT2D eigenvalue weighted by Crippen LogP contribution is -1.77. The highest BCUT2D eigenvalue weighted by Crippen LogP contribution is 2.50. The van der Waals surface area contributed by atoms with E-state index in [-0.39, 0.29) is 5.57 Å². The number of halogens is 1. The van der Waals surface area contributed by atoms with Gasteiger partial charge in [0.15, 0.2) is 0 Å². The predicted octanol–water partition coefficient (Wildman–Crippen LogP) is 4.38. The van der Waals surface area contributed by atoms with E-state index >= 15 is 0 Å². The van der Waals surface area contributed by atoms with Crippen molar-refractivity contribution in [2.75, 3.05) is 0 Å². The van der Waals surface area contributed by atoms with Crippen LogP contribution in [0.5, 0.6) is 0 Å². The van der Waals surface area contributed by atoms with Gasteiger partial charge in [-0.2, -0.15) is 10.5 Å². The van der Waals surface area contributed by atoms with Crippen molar-refractivity contribution < 1.29 is 0 Å². The molecule has 17 heavy (non-hydrogen) atoms. The van der Waals surface area contributed by atoms with Crippen LogP contribution < -0.4 is 0 Å². The maximum absolute atomic E-state index is 8.78. The molecule has 0 saturated carbocycles. The Bertz CT molecular complexity index is 572. The van der Waals surface area contributed by atoms with Gasteiger partial charge in [-0.05, 0) is 23.8 Å². The first-order valence-electron chi connectivity index (χ1n) is 4.61. The molecule has 1 heterocycles. The molecule has 5 heteroatoms. The topological polar surface area (TPSA) is 47.6 Å². The Hall–Kier alpha value is -1.33. The summed E-state index contributed by atoms with van der Waals surface area (Å²) >= 11 is 5.82. The first kappa shape index (κ1) is 12.1. The van der Waals surface area contributed by atoms with E-state index in [1.807, 2.05) is 42.5 Å². The van der Waals surface area contributed by atoms with Gasteiger partial charge >= 0.3 is 0 Å². The van der Waals surface area contributed by atoms with Crippen LogP contribution in [0.1, 0.15) is 5.56 Å². The maximum atomic E-state index is 8.78. The van der Waals surface area contributed by atoms with E-state index < -0.39 is 0 Å². The molecule has 1 aromatic rings. The third-order valence-electron chi connectivity index (χ3n) is 2.08. The summed E-state index contributed by atoms with van der Waals surface area (Å²) in [5, 5.41) is 18.3. The molecular formula is C12H5ClN2S2. The van der Waals surface area contributed by atoms with Crippen molar-refractivity contribution in [2.24, 2.45) is 0 Å². The van der Waals surface area contributed by atoms with E-state index in [4.69, 9.17) is 22.1 Å². The van der Waals surface area contributed by atoms with Gasteiger partial charge in [-0.25, -0.2) is 0 Å². The second kappa shape index (κ2) is 5.33. The number of allylic oxidation sites excluding steroid dienone is 2. The third-order valence-corrected chi connectivity index (χ3v) is 4.78. The SMILES string of the molecule is N#CC(C#N)=C1C=C(c2ccc(Cl)cc2)SS1. The Balaban J connectivity index is 2.36. The molecule has 0 amide bonds. The minimum Gasteiger partial charge on any atom is -0.192 e. The summed E-state index contributed by atoms with van der Waals surface area (Å²) in [6, 6.07) is 11.3. The van der Waals surface area contributed by atoms with Gasteiger partial charge in [0.2, 0.25) is 0 Å². The fraction of sp³-hybridized carbons (Fsp3) is 0. The van der Waals surface area contributed by atoms with Crippen LogP contribution in [0.4, 0.5) is 0 Å². The zero-order chi connectivity index (χ0) is 12.3. The molecule has 0 unspecified atom stereocenters. The van der Waals surface area contributed by atoms with E-state index in [0.717, 1.165) is 10.5 Å². The van der Waals surface area contributed by atoms with Crippen molar-refractivity contribution in [3.05, 3.63) is 51.4 Å². The predicted molar refractivity (Wildman–Crippen MR) is 72.9 cm³/mol.